The van der Waals surface area contributed by atoms with Gasteiger partial charge in [-0.2, -0.15) is 13.1 Å². The number of benzene rings is 1. The highest BCUT2D eigenvalue weighted by molar-refractivity contribution is 7.90. The predicted molar refractivity (Wildman–Crippen MR) is 86.6 cm³/mol. The molecule has 6 heteroatoms. The van der Waals surface area contributed by atoms with Gasteiger partial charge in [0.2, 0.25) is 0 Å². The summed E-state index contributed by atoms with van der Waals surface area (Å²) in [7, 11) is -1.64. The molecule has 1 aliphatic rings. The maximum atomic E-state index is 12.7. The summed E-state index contributed by atoms with van der Waals surface area (Å²) in [6.07, 6.45) is 1.75. The predicted octanol–water partition coefficient (Wildman–Crippen LogP) is 2.18. The molecule has 0 amide bonds. The molecule has 0 radical (unpaired) electrons. The van der Waals surface area contributed by atoms with Gasteiger partial charge in [-0.3, -0.25) is 4.31 Å². The van der Waals surface area contributed by atoms with Crippen LogP contribution in [-0.4, -0.2) is 27.5 Å². The van der Waals surface area contributed by atoms with E-state index in [0.29, 0.717) is 6.54 Å². The Labute approximate surface area is 127 Å². The highest BCUT2D eigenvalue weighted by atomic mass is 32.2. The highest BCUT2D eigenvalue weighted by Crippen LogP contribution is 2.34. The van der Waals surface area contributed by atoms with Crippen molar-refractivity contribution in [2.75, 3.05) is 17.9 Å². The van der Waals surface area contributed by atoms with Gasteiger partial charge in [0.15, 0.2) is 0 Å². The molecule has 21 heavy (non-hydrogen) atoms. The minimum Gasteiger partial charge on any atom is -0.313 e. The van der Waals surface area contributed by atoms with Gasteiger partial charge in [-0.15, -0.1) is 0 Å². The number of hydrogen-bond acceptors (Lipinski definition) is 3. The summed E-state index contributed by atoms with van der Waals surface area (Å²) in [6, 6.07) is 7.91. The van der Waals surface area contributed by atoms with Gasteiger partial charge in [-0.25, -0.2) is 0 Å². The van der Waals surface area contributed by atoms with Crippen molar-refractivity contribution in [3.05, 3.63) is 29.8 Å². The Morgan fingerprint density at radius 2 is 1.90 bits per heavy atom. The molecule has 0 fully saturated rings. The van der Waals surface area contributed by atoms with Crippen molar-refractivity contribution in [1.29, 1.82) is 0 Å². The lowest BCUT2D eigenvalue weighted by Gasteiger charge is -2.29. The van der Waals surface area contributed by atoms with Crippen LogP contribution in [0.4, 0.5) is 5.69 Å². The van der Waals surface area contributed by atoms with Crippen LogP contribution in [0.2, 0.25) is 0 Å². The van der Waals surface area contributed by atoms with E-state index in [9.17, 15) is 8.42 Å². The molecular weight excluding hydrogens is 286 g/mol. The third-order valence-electron chi connectivity index (χ3n) is 3.51. The van der Waals surface area contributed by atoms with E-state index in [1.165, 1.54) is 4.31 Å². The van der Waals surface area contributed by atoms with Gasteiger partial charge < -0.3 is 5.32 Å². The molecule has 0 spiro atoms. The third kappa shape index (κ3) is 3.75. The van der Waals surface area contributed by atoms with Crippen LogP contribution >= 0.6 is 0 Å². The van der Waals surface area contributed by atoms with Crippen molar-refractivity contribution in [2.24, 2.45) is 0 Å². The third-order valence-corrected chi connectivity index (χ3v) is 5.34. The van der Waals surface area contributed by atoms with Crippen LogP contribution in [-0.2, 0) is 10.2 Å². The second kappa shape index (κ2) is 5.94. The molecule has 1 heterocycles. The first kappa shape index (κ1) is 16.3. The number of anilines is 1. The minimum absolute atomic E-state index is 0.191. The van der Waals surface area contributed by atoms with Gasteiger partial charge in [-0.05, 0) is 52.3 Å². The zero-order valence-corrected chi connectivity index (χ0v) is 14.0. The largest absolute Gasteiger partial charge is 0.313 e. The van der Waals surface area contributed by atoms with Crippen molar-refractivity contribution in [2.45, 2.75) is 45.2 Å². The van der Waals surface area contributed by atoms with Crippen LogP contribution in [0, 0.1) is 0 Å². The quantitative estimate of drug-likeness (QED) is 0.899. The van der Waals surface area contributed by atoms with Crippen LogP contribution in [0.15, 0.2) is 24.3 Å². The van der Waals surface area contributed by atoms with E-state index in [4.69, 9.17) is 0 Å². The van der Waals surface area contributed by atoms with Gasteiger partial charge in [-0.1, -0.05) is 18.2 Å². The Balaban J connectivity index is 2.45. The zero-order chi connectivity index (χ0) is 15.7. The average molecular weight is 311 g/mol. The van der Waals surface area contributed by atoms with Crippen LogP contribution in [0.5, 0.6) is 0 Å². The summed E-state index contributed by atoms with van der Waals surface area (Å²) in [5.74, 6) is 0. The molecule has 0 aromatic heterocycles. The minimum atomic E-state index is -3.55. The first-order valence-electron chi connectivity index (χ1n) is 7.32. The fraction of sp³-hybridized carbons (Fsp3) is 0.600. The molecule has 2 N–H and O–H groups in total. The molecule has 2 rings (SSSR count). The summed E-state index contributed by atoms with van der Waals surface area (Å²) in [4.78, 5) is 0. The number of fused-ring (bicyclic) bond motifs is 1. The molecule has 0 aliphatic carbocycles. The second-order valence-electron chi connectivity index (χ2n) is 6.47. The number of hydrogen-bond donors (Lipinski definition) is 2. The van der Waals surface area contributed by atoms with E-state index >= 15 is 0 Å². The lowest BCUT2D eigenvalue weighted by molar-refractivity contribution is 0.488. The monoisotopic (exact) mass is 311 g/mol. The molecule has 1 aliphatic heterocycles. The Bertz CT molecular complexity index is 593. The molecule has 1 atom stereocenters. The van der Waals surface area contributed by atoms with Crippen LogP contribution in [0.25, 0.3) is 0 Å². The number of nitrogens with one attached hydrogen (secondary N) is 2. The Hall–Kier alpha value is -1.11. The van der Waals surface area contributed by atoms with Gasteiger partial charge in [0.25, 0.3) is 0 Å². The van der Waals surface area contributed by atoms with Gasteiger partial charge in [0, 0.05) is 18.1 Å². The number of rotatable bonds is 3. The lowest BCUT2D eigenvalue weighted by Crippen LogP contribution is -2.49. The summed E-state index contributed by atoms with van der Waals surface area (Å²) >= 11 is 0. The first-order valence-corrected chi connectivity index (χ1v) is 8.76. The van der Waals surface area contributed by atoms with Crippen molar-refractivity contribution in [1.82, 2.24) is 10.0 Å². The average Bonchev–Trinajstić information content (AvgIpc) is 2.55. The summed E-state index contributed by atoms with van der Waals surface area (Å²) in [5.41, 5.74) is 1.31. The highest BCUT2D eigenvalue weighted by Gasteiger charge is 2.31. The molecule has 1 aromatic rings. The topological polar surface area (TPSA) is 61.4 Å². The molecule has 0 saturated heterocycles. The van der Waals surface area contributed by atoms with E-state index in [-0.39, 0.29) is 6.04 Å². The van der Waals surface area contributed by atoms with E-state index in [1.54, 1.807) is 0 Å². The molecule has 118 valence electrons. The SMILES string of the molecule is CNC1CCCN(S(=O)(=O)NC(C)(C)C)c2ccccc21. The standard InChI is InChI=1S/C15H25N3O2S/c1-15(2,3)17-21(19,20)18-11-7-9-13(16-4)12-8-5-6-10-14(12)18/h5-6,8,10,13,16-17H,7,9,11H2,1-4H3. The van der Waals surface area contributed by atoms with Crippen LogP contribution in [0.3, 0.4) is 0 Å². The van der Waals surface area contributed by atoms with Crippen molar-refractivity contribution < 1.29 is 8.42 Å². The zero-order valence-electron chi connectivity index (χ0n) is 13.2. The summed E-state index contributed by atoms with van der Waals surface area (Å²) in [6.45, 7) is 6.06. The fourth-order valence-corrected chi connectivity index (χ4v) is 4.39. The van der Waals surface area contributed by atoms with Gasteiger partial charge >= 0.3 is 10.2 Å². The maximum absolute atomic E-state index is 12.7. The van der Waals surface area contributed by atoms with Crippen molar-refractivity contribution in [3.8, 4) is 0 Å². The van der Waals surface area contributed by atoms with Crippen molar-refractivity contribution in [3.63, 3.8) is 0 Å². The van der Waals surface area contributed by atoms with Gasteiger partial charge in [0.1, 0.15) is 0 Å². The number of nitrogens with zero attached hydrogens (tertiary/aromatic N) is 1. The molecule has 1 unspecified atom stereocenters. The van der Waals surface area contributed by atoms with Crippen LogP contribution in [0.1, 0.15) is 45.2 Å². The Morgan fingerprint density at radius 3 is 2.52 bits per heavy atom. The second-order valence-corrected chi connectivity index (χ2v) is 8.07. The van der Waals surface area contributed by atoms with E-state index in [2.05, 4.69) is 10.0 Å². The Morgan fingerprint density at radius 1 is 1.24 bits per heavy atom. The van der Waals surface area contributed by atoms with Crippen LogP contribution < -0.4 is 14.3 Å². The Kier molecular flexibility index (Phi) is 4.60. The summed E-state index contributed by atoms with van der Waals surface area (Å²) in [5, 5.41) is 3.28. The van der Waals surface area contributed by atoms with E-state index in [1.807, 2.05) is 52.1 Å². The number of para-hydroxylation sites is 1. The molecule has 0 saturated carbocycles. The maximum Gasteiger partial charge on any atom is 0.302 e. The van der Waals surface area contributed by atoms with Gasteiger partial charge in [0.05, 0.1) is 5.69 Å². The fourth-order valence-electron chi connectivity index (χ4n) is 2.72. The lowest BCUT2D eigenvalue weighted by atomic mass is 10.0. The van der Waals surface area contributed by atoms with Crippen molar-refractivity contribution >= 4 is 15.9 Å². The van der Waals surface area contributed by atoms with E-state index < -0.39 is 15.7 Å². The molecule has 1 aromatic carbocycles. The smallest absolute Gasteiger partial charge is 0.302 e. The van der Waals surface area contributed by atoms with E-state index in [0.717, 1.165) is 24.1 Å². The molecule has 5 nitrogen and oxygen atoms in total. The normalized spacial score (nSPS) is 20.0. The first-order chi connectivity index (χ1) is 9.74. The molecular formula is C15H25N3O2S. The summed E-state index contributed by atoms with van der Waals surface area (Å²) < 4.78 is 29.7. The molecule has 0 bridgehead atoms.